The molecule has 0 aliphatic carbocycles. The molecule has 1 unspecified atom stereocenters. The highest BCUT2D eigenvalue weighted by Crippen LogP contribution is 2.32. The molecule has 1 atom stereocenters. The van der Waals surface area contributed by atoms with Gasteiger partial charge in [-0.05, 0) is 48.9 Å². The number of benzene rings is 1. The first kappa shape index (κ1) is 19.1. The Kier molecular flexibility index (Phi) is 5.53. The fraction of sp³-hybridized carbons (Fsp3) is 0.333. The zero-order valence-electron chi connectivity index (χ0n) is 16.1. The summed E-state index contributed by atoms with van der Waals surface area (Å²) in [6, 6.07) is 13.7. The van der Waals surface area contributed by atoms with Crippen molar-refractivity contribution in [2.24, 2.45) is 11.7 Å². The molecule has 0 spiro atoms. The van der Waals surface area contributed by atoms with E-state index >= 15 is 0 Å². The van der Waals surface area contributed by atoms with E-state index in [4.69, 9.17) is 5.73 Å². The van der Waals surface area contributed by atoms with Gasteiger partial charge >= 0.3 is 11.8 Å². The topological polar surface area (TPSA) is 106 Å². The fourth-order valence-corrected chi connectivity index (χ4v) is 4.02. The first-order chi connectivity index (χ1) is 14.2. The van der Waals surface area contributed by atoms with Crippen molar-refractivity contribution in [1.29, 1.82) is 0 Å². The molecule has 1 aliphatic heterocycles. The second-order valence-corrected chi connectivity index (χ2v) is 7.32. The number of likely N-dealkylation sites (tertiary alicyclic amines) is 1. The standard InChI is InChI=1S/C21H24N6O2/c22-12-18(15-4-2-1-3-5-15)16-8-10-26(11-9-16)21(29)20(28)25-17-6-7-19-23-14-24-27(19)13-17/h1-7,13-14,16,18H,8-12,22H2,(H,25,28). The van der Waals surface area contributed by atoms with Gasteiger partial charge in [-0.2, -0.15) is 5.10 Å². The highest BCUT2D eigenvalue weighted by atomic mass is 16.2. The van der Waals surface area contributed by atoms with Crippen LogP contribution in [-0.2, 0) is 9.59 Å². The molecule has 3 N–H and O–H groups in total. The second kappa shape index (κ2) is 8.40. The van der Waals surface area contributed by atoms with Crippen molar-refractivity contribution in [3.8, 4) is 0 Å². The van der Waals surface area contributed by atoms with Crippen LogP contribution in [0.1, 0.15) is 24.3 Å². The van der Waals surface area contributed by atoms with E-state index in [1.165, 1.54) is 11.9 Å². The molecule has 29 heavy (non-hydrogen) atoms. The highest BCUT2D eigenvalue weighted by Gasteiger charge is 2.31. The zero-order valence-corrected chi connectivity index (χ0v) is 16.1. The molecular formula is C21H24N6O2. The summed E-state index contributed by atoms with van der Waals surface area (Å²) < 4.78 is 1.54. The number of anilines is 1. The van der Waals surface area contributed by atoms with Crippen LogP contribution in [0.3, 0.4) is 0 Å². The lowest BCUT2D eigenvalue weighted by atomic mass is 9.80. The lowest BCUT2D eigenvalue weighted by Gasteiger charge is -2.35. The normalized spacial score (nSPS) is 16.0. The van der Waals surface area contributed by atoms with Crippen molar-refractivity contribution in [1.82, 2.24) is 19.5 Å². The number of pyridine rings is 1. The maximum absolute atomic E-state index is 12.6. The van der Waals surface area contributed by atoms with E-state index in [0.717, 1.165) is 12.8 Å². The van der Waals surface area contributed by atoms with Gasteiger partial charge in [0.15, 0.2) is 5.65 Å². The van der Waals surface area contributed by atoms with E-state index in [9.17, 15) is 9.59 Å². The molecule has 8 nitrogen and oxygen atoms in total. The van der Waals surface area contributed by atoms with E-state index < -0.39 is 11.8 Å². The number of nitrogens with zero attached hydrogens (tertiary/aromatic N) is 4. The summed E-state index contributed by atoms with van der Waals surface area (Å²) in [5.41, 5.74) is 8.45. The predicted molar refractivity (Wildman–Crippen MR) is 109 cm³/mol. The number of nitrogens with one attached hydrogen (secondary N) is 1. The van der Waals surface area contributed by atoms with Gasteiger partial charge in [-0.15, -0.1) is 0 Å². The fourth-order valence-electron chi connectivity index (χ4n) is 4.02. The Labute approximate surface area is 168 Å². The number of piperidine rings is 1. The minimum Gasteiger partial charge on any atom is -0.334 e. The number of nitrogens with two attached hydrogens (primary N) is 1. The third-order valence-corrected chi connectivity index (χ3v) is 5.60. The van der Waals surface area contributed by atoms with Gasteiger partial charge in [-0.25, -0.2) is 9.50 Å². The van der Waals surface area contributed by atoms with E-state index in [2.05, 4.69) is 27.5 Å². The van der Waals surface area contributed by atoms with Crippen LogP contribution in [0, 0.1) is 5.92 Å². The maximum Gasteiger partial charge on any atom is 0.313 e. The molecular weight excluding hydrogens is 368 g/mol. The Hall–Kier alpha value is -3.26. The van der Waals surface area contributed by atoms with Gasteiger partial charge in [0.05, 0.1) is 11.9 Å². The van der Waals surface area contributed by atoms with Gasteiger partial charge in [0.1, 0.15) is 6.33 Å². The van der Waals surface area contributed by atoms with E-state index in [-0.39, 0.29) is 5.92 Å². The van der Waals surface area contributed by atoms with Crippen molar-refractivity contribution in [2.75, 3.05) is 25.0 Å². The molecule has 1 aromatic carbocycles. The third kappa shape index (κ3) is 4.12. The second-order valence-electron chi connectivity index (χ2n) is 7.32. The Morgan fingerprint density at radius 2 is 1.90 bits per heavy atom. The minimum atomic E-state index is -0.638. The van der Waals surface area contributed by atoms with Gasteiger partial charge in [0, 0.05) is 13.1 Å². The lowest BCUT2D eigenvalue weighted by molar-refractivity contribution is -0.144. The average Bonchev–Trinajstić information content (AvgIpc) is 3.23. The highest BCUT2D eigenvalue weighted by molar-refractivity contribution is 6.39. The molecule has 1 saturated heterocycles. The van der Waals surface area contributed by atoms with Crippen molar-refractivity contribution in [2.45, 2.75) is 18.8 Å². The Bertz CT molecular complexity index is 995. The van der Waals surface area contributed by atoms with Crippen molar-refractivity contribution < 1.29 is 9.59 Å². The maximum atomic E-state index is 12.6. The van der Waals surface area contributed by atoms with Crippen LogP contribution >= 0.6 is 0 Å². The largest absolute Gasteiger partial charge is 0.334 e. The van der Waals surface area contributed by atoms with Crippen LogP contribution in [-0.4, -0.2) is 50.9 Å². The molecule has 2 aromatic heterocycles. The molecule has 0 bridgehead atoms. The van der Waals surface area contributed by atoms with Crippen molar-refractivity contribution in [3.05, 3.63) is 60.6 Å². The molecule has 3 aromatic rings. The summed E-state index contributed by atoms with van der Waals surface area (Å²) in [4.78, 5) is 30.7. The van der Waals surface area contributed by atoms with Crippen LogP contribution in [0.4, 0.5) is 5.69 Å². The molecule has 1 aliphatic rings. The number of amides is 2. The number of hydrogen-bond donors (Lipinski definition) is 2. The van der Waals surface area contributed by atoms with Gasteiger partial charge in [0.2, 0.25) is 0 Å². The molecule has 1 fully saturated rings. The third-order valence-electron chi connectivity index (χ3n) is 5.60. The number of rotatable bonds is 4. The van der Waals surface area contributed by atoms with Crippen molar-refractivity contribution >= 4 is 23.1 Å². The molecule has 2 amide bonds. The summed E-state index contributed by atoms with van der Waals surface area (Å²) in [7, 11) is 0. The Balaban J connectivity index is 1.35. The van der Waals surface area contributed by atoms with Gasteiger partial charge < -0.3 is 16.0 Å². The summed E-state index contributed by atoms with van der Waals surface area (Å²) in [5.74, 6) is -0.464. The monoisotopic (exact) mass is 392 g/mol. The van der Waals surface area contributed by atoms with Crippen molar-refractivity contribution in [3.63, 3.8) is 0 Å². The summed E-state index contributed by atoms with van der Waals surface area (Å²) >= 11 is 0. The van der Waals surface area contributed by atoms with E-state index in [0.29, 0.717) is 36.9 Å². The SMILES string of the molecule is NCC(c1ccccc1)C1CCN(C(=O)C(=O)Nc2ccc3ncnn3c2)CC1. The molecule has 0 radical (unpaired) electrons. The first-order valence-corrected chi connectivity index (χ1v) is 9.80. The van der Waals surface area contributed by atoms with Crippen LogP contribution in [0.25, 0.3) is 5.65 Å². The van der Waals surface area contributed by atoms with Gasteiger partial charge in [-0.1, -0.05) is 30.3 Å². The smallest absolute Gasteiger partial charge is 0.313 e. The molecule has 3 heterocycles. The van der Waals surface area contributed by atoms with E-state index in [1.807, 2.05) is 18.2 Å². The number of carbonyl (C=O) groups is 2. The quantitative estimate of drug-likeness (QED) is 0.657. The number of hydrogen-bond acceptors (Lipinski definition) is 5. The predicted octanol–water partition coefficient (Wildman–Crippen LogP) is 1.65. The number of carbonyl (C=O) groups excluding carboxylic acids is 2. The van der Waals surface area contributed by atoms with Gasteiger partial charge in [-0.3, -0.25) is 9.59 Å². The Morgan fingerprint density at radius 3 is 2.62 bits per heavy atom. The first-order valence-electron chi connectivity index (χ1n) is 9.80. The number of fused-ring (bicyclic) bond motifs is 1. The summed E-state index contributed by atoms with van der Waals surface area (Å²) in [5, 5.41) is 6.68. The summed E-state index contributed by atoms with van der Waals surface area (Å²) in [6.07, 6.45) is 4.73. The van der Waals surface area contributed by atoms with E-state index in [1.54, 1.807) is 27.7 Å². The molecule has 4 rings (SSSR count). The number of aromatic nitrogens is 3. The minimum absolute atomic E-state index is 0.275. The lowest BCUT2D eigenvalue weighted by Crippen LogP contribution is -2.45. The van der Waals surface area contributed by atoms with Crippen LogP contribution < -0.4 is 11.1 Å². The summed E-state index contributed by atoms with van der Waals surface area (Å²) in [6.45, 7) is 1.69. The molecule has 8 heteroatoms. The van der Waals surface area contributed by atoms with Crippen LogP contribution in [0.5, 0.6) is 0 Å². The van der Waals surface area contributed by atoms with Gasteiger partial charge in [0.25, 0.3) is 0 Å². The zero-order chi connectivity index (χ0) is 20.2. The molecule has 0 saturated carbocycles. The van der Waals surface area contributed by atoms with Crippen LogP contribution in [0.2, 0.25) is 0 Å². The Morgan fingerprint density at radius 1 is 1.14 bits per heavy atom. The average molecular weight is 392 g/mol. The van der Waals surface area contributed by atoms with Crippen LogP contribution in [0.15, 0.2) is 55.0 Å². The molecule has 150 valence electrons.